The number of rotatable bonds is 8. The van der Waals surface area contributed by atoms with E-state index in [1.165, 1.54) is 17.5 Å². The highest BCUT2D eigenvalue weighted by Gasteiger charge is 2.46. The van der Waals surface area contributed by atoms with Crippen molar-refractivity contribution in [2.45, 2.75) is 70.5 Å². The summed E-state index contributed by atoms with van der Waals surface area (Å²) in [4.78, 5) is 0. The van der Waals surface area contributed by atoms with Gasteiger partial charge >= 0.3 is 0 Å². The molecule has 2 aliphatic rings. The molecule has 0 saturated heterocycles. The normalized spacial score (nSPS) is 24.6. The summed E-state index contributed by atoms with van der Waals surface area (Å²) in [6.45, 7) is 6.85. The van der Waals surface area contributed by atoms with Crippen LogP contribution in [-0.4, -0.2) is 35.6 Å². The van der Waals surface area contributed by atoms with Gasteiger partial charge in [-0.05, 0) is 61.6 Å². The quantitative estimate of drug-likeness (QED) is 0.542. The van der Waals surface area contributed by atoms with Crippen molar-refractivity contribution < 1.29 is 19.7 Å². The van der Waals surface area contributed by atoms with Crippen LogP contribution in [0.3, 0.4) is 0 Å². The van der Waals surface area contributed by atoms with E-state index < -0.39 is 12.2 Å². The first kappa shape index (κ1) is 21.0. The molecule has 0 amide bonds. The van der Waals surface area contributed by atoms with Gasteiger partial charge in [0.25, 0.3) is 0 Å². The number of ether oxygens (including phenoxy) is 2. The summed E-state index contributed by atoms with van der Waals surface area (Å²) in [5, 5.41) is 22.3. The molecule has 2 aromatic carbocycles. The summed E-state index contributed by atoms with van der Waals surface area (Å²) < 4.78 is 13.6. The summed E-state index contributed by atoms with van der Waals surface area (Å²) >= 11 is 3.60. The fraction of sp³-hybridized carbons (Fsp3) is 0.583. The molecule has 5 atom stereocenters. The molecule has 5 unspecified atom stereocenters. The Morgan fingerprint density at radius 3 is 2.21 bits per heavy atom. The molecule has 0 aliphatic heterocycles. The van der Waals surface area contributed by atoms with Crippen LogP contribution in [0.4, 0.5) is 0 Å². The van der Waals surface area contributed by atoms with Gasteiger partial charge in [0.15, 0.2) is 0 Å². The number of aliphatic hydroxyl groups excluding tert-OH is 2. The number of benzene rings is 2. The van der Waals surface area contributed by atoms with Crippen molar-refractivity contribution in [1.29, 1.82) is 0 Å². The van der Waals surface area contributed by atoms with Crippen molar-refractivity contribution in [2.75, 3.05) is 13.2 Å². The maximum absolute atomic E-state index is 10.1. The molecule has 0 radical (unpaired) electrons. The highest BCUT2D eigenvalue weighted by molar-refractivity contribution is 9.10. The minimum atomic E-state index is -0.471. The molecule has 2 bridgehead atoms. The largest absolute Gasteiger partial charge is 0.490 e. The summed E-state index contributed by atoms with van der Waals surface area (Å²) in [7, 11) is 0. The van der Waals surface area contributed by atoms with Crippen molar-refractivity contribution in [3.63, 3.8) is 0 Å². The van der Waals surface area contributed by atoms with Crippen LogP contribution in [0.1, 0.15) is 69.4 Å². The van der Waals surface area contributed by atoms with E-state index in [1.807, 2.05) is 19.9 Å². The second-order valence-corrected chi connectivity index (χ2v) is 9.59. The van der Waals surface area contributed by atoms with Crippen LogP contribution >= 0.6 is 15.9 Å². The molecule has 2 N–H and O–H groups in total. The minimum absolute atomic E-state index is 0.298. The zero-order valence-corrected chi connectivity index (χ0v) is 19.0. The minimum Gasteiger partial charge on any atom is -0.490 e. The van der Waals surface area contributed by atoms with Gasteiger partial charge in [-0.15, -0.1) is 0 Å². The Kier molecular flexibility index (Phi) is 6.10. The van der Waals surface area contributed by atoms with Gasteiger partial charge < -0.3 is 19.7 Å². The summed E-state index contributed by atoms with van der Waals surface area (Å²) in [6.07, 6.45) is 2.70. The topological polar surface area (TPSA) is 58.9 Å². The fourth-order valence-corrected chi connectivity index (χ4v) is 5.36. The van der Waals surface area contributed by atoms with Crippen molar-refractivity contribution in [3.8, 4) is 11.5 Å². The van der Waals surface area contributed by atoms with E-state index in [1.54, 1.807) is 0 Å². The maximum atomic E-state index is 10.1. The third-order valence-electron chi connectivity index (χ3n) is 6.69. The Labute approximate surface area is 181 Å². The van der Waals surface area contributed by atoms with Crippen molar-refractivity contribution in [2.24, 2.45) is 5.92 Å². The van der Waals surface area contributed by atoms with Crippen molar-refractivity contribution in [1.82, 2.24) is 0 Å². The second-order valence-electron chi connectivity index (χ2n) is 8.67. The van der Waals surface area contributed by atoms with Crippen molar-refractivity contribution >= 4 is 26.7 Å². The zero-order chi connectivity index (χ0) is 20.7. The predicted octanol–water partition coefficient (Wildman–Crippen LogP) is 5.51. The van der Waals surface area contributed by atoms with Crippen LogP contribution in [0.5, 0.6) is 11.5 Å². The molecule has 0 heterocycles. The summed E-state index contributed by atoms with van der Waals surface area (Å²) in [5.74, 6) is 3.38. The summed E-state index contributed by atoms with van der Waals surface area (Å²) in [6, 6.07) is 6.19. The van der Waals surface area contributed by atoms with Crippen LogP contribution in [0.2, 0.25) is 0 Å². The number of hydrogen-bond donors (Lipinski definition) is 2. The maximum Gasteiger partial charge on any atom is 0.131 e. The highest BCUT2D eigenvalue weighted by atomic mass is 79.9. The molecule has 2 aromatic rings. The smallest absolute Gasteiger partial charge is 0.131 e. The lowest BCUT2D eigenvalue weighted by Crippen LogP contribution is -2.20. The average Bonchev–Trinajstić information content (AvgIpc) is 3.27. The van der Waals surface area contributed by atoms with Gasteiger partial charge in [-0.2, -0.15) is 0 Å². The van der Waals surface area contributed by atoms with Gasteiger partial charge in [-0.3, -0.25) is 0 Å². The van der Waals surface area contributed by atoms with E-state index in [-0.39, 0.29) is 0 Å². The Bertz CT molecular complexity index is 896. The molecule has 1 saturated carbocycles. The molecule has 0 aromatic heterocycles. The lowest BCUT2D eigenvalue weighted by atomic mass is 9.82. The Morgan fingerprint density at radius 1 is 0.966 bits per heavy atom. The second kappa shape index (κ2) is 8.44. The van der Waals surface area contributed by atoms with E-state index in [0.717, 1.165) is 33.2 Å². The molecule has 1 fully saturated rings. The lowest BCUT2D eigenvalue weighted by molar-refractivity contribution is 0.102. The van der Waals surface area contributed by atoms with Gasteiger partial charge in [0.1, 0.15) is 24.7 Å². The van der Waals surface area contributed by atoms with E-state index >= 15 is 0 Å². The van der Waals surface area contributed by atoms with Crippen LogP contribution < -0.4 is 9.47 Å². The predicted molar refractivity (Wildman–Crippen MR) is 119 cm³/mol. The fourth-order valence-electron chi connectivity index (χ4n) is 5.00. The number of hydrogen-bond acceptors (Lipinski definition) is 4. The Balaban J connectivity index is 1.89. The molecule has 4 nitrogen and oxygen atoms in total. The van der Waals surface area contributed by atoms with Crippen LogP contribution in [-0.2, 0) is 0 Å². The van der Waals surface area contributed by atoms with E-state index in [0.29, 0.717) is 43.8 Å². The van der Waals surface area contributed by atoms with Gasteiger partial charge in [0, 0.05) is 26.4 Å². The third-order valence-corrected chi connectivity index (χ3v) is 7.19. The summed E-state index contributed by atoms with van der Waals surface area (Å²) in [5.41, 5.74) is 2.54. The van der Waals surface area contributed by atoms with Gasteiger partial charge in [-0.25, -0.2) is 0 Å². The molecule has 158 valence electrons. The molecule has 29 heavy (non-hydrogen) atoms. The van der Waals surface area contributed by atoms with Gasteiger partial charge in [0.05, 0.1) is 12.2 Å². The first-order valence-corrected chi connectivity index (χ1v) is 11.6. The average molecular weight is 463 g/mol. The van der Waals surface area contributed by atoms with Crippen LogP contribution in [0.25, 0.3) is 10.8 Å². The van der Waals surface area contributed by atoms with E-state index in [4.69, 9.17) is 9.47 Å². The van der Waals surface area contributed by atoms with Crippen LogP contribution in [0, 0.1) is 5.92 Å². The molecule has 4 rings (SSSR count). The zero-order valence-electron chi connectivity index (χ0n) is 17.5. The Morgan fingerprint density at radius 2 is 1.59 bits per heavy atom. The molecule has 0 spiro atoms. The van der Waals surface area contributed by atoms with Gasteiger partial charge in [0.2, 0.25) is 0 Å². The molecule has 2 aliphatic carbocycles. The first-order valence-electron chi connectivity index (χ1n) is 10.8. The monoisotopic (exact) mass is 462 g/mol. The number of halogens is 1. The number of fused-ring (bicyclic) bond motifs is 6. The Hall–Kier alpha value is -1.30. The first-order chi connectivity index (χ1) is 13.9. The van der Waals surface area contributed by atoms with E-state index in [2.05, 4.69) is 35.0 Å². The van der Waals surface area contributed by atoms with E-state index in [9.17, 15) is 10.2 Å². The van der Waals surface area contributed by atoms with Gasteiger partial charge in [-0.1, -0.05) is 36.7 Å². The molecule has 5 heteroatoms. The third kappa shape index (κ3) is 3.77. The number of aliphatic hydroxyl groups is 2. The highest BCUT2D eigenvalue weighted by Crippen LogP contribution is 2.63. The molecular formula is C24H31BrO4. The SMILES string of the molecule is CCC(O)COc1c2c(c(OCC(O)CC)c3ccc(Br)cc13)C1CC2CC1C. The standard InChI is InChI=1S/C24H31BrO4/c1-4-16(26)11-28-23-18-7-6-15(25)10-20(18)24(29-12-17(27)5-2)21-14-8-13(3)19(9-14)22(21)23/h6-7,10,13-14,16-17,19,26-27H,4-5,8-9,11-12H2,1-3H3. The van der Waals surface area contributed by atoms with Crippen molar-refractivity contribution in [3.05, 3.63) is 33.8 Å². The lowest BCUT2D eigenvalue weighted by Gasteiger charge is -2.28. The van der Waals surface area contributed by atoms with Crippen LogP contribution in [0.15, 0.2) is 22.7 Å². The molecular weight excluding hydrogens is 432 g/mol.